The summed E-state index contributed by atoms with van der Waals surface area (Å²) in [5.74, 6) is 1.11. The molecule has 0 aromatic heterocycles. The van der Waals surface area contributed by atoms with Crippen molar-refractivity contribution in [1.82, 2.24) is 0 Å². The average Bonchev–Trinajstić information content (AvgIpc) is 2.62. The molecular formula is C20H26N2O2. The minimum atomic E-state index is -0.179. The lowest BCUT2D eigenvalue weighted by Crippen LogP contribution is -2.50. The van der Waals surface area contributed by atoms with Gasteiger partial charge < -0.3 is 20.5 Å². The maximum atomic E-state index is 9.89. The molecule has 3 rings (SSSR count). The van der Waals surface area contributed by atoms with E-state index in [4.69, 9.17) is 10.5 Å². The Balaban J connectivity index is 1.93. The zero-order chi connectivity index (χ0) is 17.2. The van der Waals surface area contributed by atoms with Gasteiger partial charge in [0.25, 0.3) is 0 Å². The van der Waals surface area contributed by atoms with Crippen molar-refractivity contribution in [3.63, 3.8) is 0 Å². The third-order valence-electron chi connectivity index (χ3n) is 5.01. The maximum Gasteiger partial charge on any atom is 0.143 e. The smallest absolute Gasteiger partial charge is 0.143 e. The molecule has 4 nitrogen and oxygen atoms in total. The van der Waals surface area contributed by atoms with Crippen LogP contribution < -0.4 is 15.4 Å². The van der Waals surface area contributed by atoms with Gasteiger partial charge in [-0.05, 0) is 36.1 Å². The van der Waals surface area contributed by atoms with E-state index in [1.807, 2.05) is 6.07 Å². The van der Waals surface area contributed by atoms with Crippen molar-refractivity contribution in [1.29, 1.82) is 0 Å². The molecule has 1 aliphatic heterocycles. The maximum absolute atomic E-state index is 9.89. The molecule has 128 valence electrons. The van der Waals surface area contributed by atoms with Crippen molar-refractivity contribution in [2.24, 2.45) is 5.73 Å². The highest BCUT2D eigenvalue weighted by molar-refractivity contribution is 5.63. The van der Waals surface area contributed by atoms with Crippen LogP contribution in [0.4, 0.5) is 5.69 Å². The van der Waals surface area contributed by atoms with Crippen molar-refractivity contribution in [2.75, 3.05) is 11.4 Å². The van der Waals surface area contributed by atoms with Crippen LogP contribution in [-0.4, -0.2) is 17.3 Å². The highest BCUT2D eigenvalue weighted by atomic mass is 16.5. The highest BCUT2D eigenvalue weighted by Gasteiger charge is 2.37. The second kappa shape index (κ2) is 6.73. The normalized spacial score (nSPS) is 15.7. The summed E-state index contributed by atoms with van der Waals surface area (Å²) in [7, 11) is 0. The van der Waals surface area contributed by atoms with Crippen LogP contribution in [0.5, 0.6) is 11.5 Å². The Bertz CT molecular complexity index is 693. The Hall–Kier alpha value is -2.20. The standard InChI is InChI=1S/C20H26N2O2/c1-3-20(4-2)14-22(13-16-7-5-15(12-21)6-8-16)18-11-17(23)9-10-19(18)24-20/h5-11,23H,3-4,12-14,21H2,1-2H3. The fourth-order valence-corrected chi connectivity index (χ4v) is 3.30. The number of phenols is 1. The zero-order valence-electron chi connectivity index (χ0n) is 14.5. The summed E-state index contributed by atoms with van der Waals surface area (Å²) in [5, 5.41) is 9.89. The molecule has 0 amide bonds. The van der Waals surface area contributed by atoms with E-state index in [1.54, 1.807) is 12.1 Å². The first-order valence-corrected chi connectivity index (χ1v) is 8.64. The van der Waals surface area contributed by atoms with E-state index in [9.17, 15) is 5.11 Å². The molecule has 1 aliphatic rings. The lowest BCUT2D eigenvalue weighted by Gasteiger charge is -2.44. The summed E-state index contributed by atoms with van der Waals surface area (Å²) in [6.07, 6.45) is 1.90. The lowest BCUT2D eigenvalue weighted by atomic mass is 9.93. The molecule has 0 spiro atoms. The molecule has 0 saturated heterocycles. The van der Waals surface area contributed by atoms with Gasteiger partial charge in [0.15, 0.2) is 0 Å². The minimum absolute atomic E-state index is 0.179. The predicted molar refractivity (Wildman–Crippen MR) is 97.4 cm³/mol. The number of fused-ring (bicyclic) bond motifs is 1. The molecule has 1 heterocycles. The van der Waals surface area contributed by atoms with Crippen LogP contribution in [0.2, 0.25) is 0 Å². The monoisotopic (exact) mass is 326 g/mol. The van der Waals surface area contributed by atoms with Crippen LogP contribution in [0, 0.1) is 0 Å². The second-order valence-electron chi connectivity index (χ2n) is 6.52. The minimum Gasteiger partial charge on any atom is -0.508 e. The summed E-state index contributed by atoms with van der Waals surface area (Å²) in [6.45, 7) is 6.50. The van der Waals surface area contributed by atoms with Gasteiger partial charge in [0, 0.05) is 19.2 Å². The van der Waals surface area contributed by atoms with E-state index >= 15 is 0 Å². The first kappa shape index (κ1) is 16.7. The summed E-state index contributed by atoms with van der Waals surface area (Å²) in [6, 6.07) is 13.7. The molecule has 0 unspecified atom stereocenters. The van der Waals surface area contributed by atoms with Crippen LogP contribution in [0.25, 0.3) is 0 Å². The fourth-order valence-electron chi connectivity index (χ4n) is 3.30. The van der Waals surface area contributed by atoms with Gasteiger partial charge in [-0.25, -0.2) is 0 Å². The summed E-state index contributed by atoms with van der Waals surface area (Å²) in [4.78, 5) is 2.31. The van der Waals surface area contributed by atoms with Crippen LogP contribution >= 0.6 is 0 Å². The zero-order valence-corrected chi connectivity index (χ0v) is 14.5. The van der Waals surface area contributed by atoms with Crippen molar-refractivity contribution in [3.8, 4) is 11.5 Å². The molecule has 0 saturated carbocycles. The Kier molecular flexibility index (Phi) is 4.67. The largest absolute Gasteiger partial charge is 0.508 e. The van der Waals surface area contributed by atoms with E-state index in [0.29, 0.717) is 6.54 Å². The van der Waals surface area contributed by atoms with Crippen molar-refractivity contribution in [3.05, 3.63) is 53.6 Å². The molecular weight excluding hydrogens is 300 g/mol. The van der Waals surface area contributed by atoms with Gasteiger partial charge in [0.1, 0.15) is 17.1 Å². The molecule has 0 atom stereocenters. The molecule has 0 bridgehead atoms. The topological polar surface area (TPSA) is 58.7 Å². The second-order valence-corrected chi connectivity index (χ2v) is 6.52. The number of rotatable bonds is 5. The molecule has 24 heavy (non-hydrogen) atoms. The number of phenolic OH excluding ortho intramolecular Hbond substituents is 1. The van der Waals surface area contributed by atoms with Crippen LogP contribution in [0.3, 0.4) is 0 Å². The average molecular weight is 326 g/mol. The van der Waals surface area contributed by atoms with Crippen LogP contribution in [0.15, 0.2) is 42.5 Å². The fraction of sp³-hybridized carbons (Fsp3) is 0.400. The third-order valence-corrected chi connectivity index (χ3v) is 5.01. The number of hydrogen-bond acceptors (Lipinski definition) is 4. The number of hydrogen-bond donors (Lipinski definition) is 2. The molecule has 0 radical (unpaired) electrons. The first-order valence-electron chi connectivity index (χ1n) is 8.64. The lowest BCUT2D eigenvalue weighted by molar-refractivity contribution is 0.0569. The third kappa shape index (κ3) is 3.20. The molecule has 4 heteroatoms. The van der Waals surface area contributed by atoms with Crippen molar-refractivity contribution in [2.45, 2.75) is 45.4 Å². The number of nitrogens with zero attached hydrogens (tertiary/aromatic N) is 1. The number of benzene rings is 2. The number of anilines is 1. The summed E-state index contributed by atoms with van der Waals surface area (Å²) < 4.78 is 6.31. The first-order chi connectivity index (χ1) is 11.6. The van der Waals surface area contributed by atoms with Crippen LogP contribution in [0.1, 0.15) is 37.8 Å². The molecule has 0 fully saturated rings. The van der Waals surface area contributed by atoms with Gasteiger partial charge in [-0.1, -0.05) is 38.1 Å². The Morgan fingerprint density at radius 2 is 1.75 bits per heavy atom. The summed E-state index contributed by atoms with van der Waals surface area (Å²) >= 11 is 0. The van der Waals surface area contributed by atoms with Gasteiger partial charge >= 0.3 is 0 Å². The number of aromatic hydroxyl groups is 1. The quantitative estimate of drug-likeness (QED) is 0.877. The van der Waals surface area contributed by atoms with Gasteiger partial charge in [-0.15, -0.1) is 0 Å². The van der Waals surface area contributed by atoms with Crippen LogP contribution in [-0.2, 0) is 13.1 Å². The Labute approximate surface area is 143 Å². The predicted octanol–water partition coefficient (Wildman–Crippen LogP) is 3.81. The SMILES string of the molecule is CCC1(CC)CN(Cc2ccc(CN)cc2)c2cc(O)ccc2O1. The Morgan fingerprint density at radius 1 is 1.08 bits per heavy atom. The molecule has 2 aromatic rings. The number of nitrogens with two attached hydrogens (primary N) is 1. The van der Waals surface area contributed by atoms with Crippen molar-refractivity contribution >= 4 is 5.69 Å². The van der Waals surface area contributed by atoms with Crippen molar-refractivity contribution < 1.29 is 9.84 Å². The molecule has 0 aliphatic carbocycles. The summed E-state index contributed by atoms with van der Waals surface area (Å²) in [5.41, 5.74) is 8.82. The molecule has 2 aromatic carbocycles. The van der Waals surface area contributed by atoms with Gasteiger partial charge in [-0.2, -0.15) is 0 Å². The van der Waals surface area contributed by atoms with Gasteiger partial charge in [-0.3, -0.25) is 0 Å². The van der Waals surface area contributed by atoms with E-state index in [0.717, 1.165) is 42.9 Å². The Morgan fingerprint density at radius 3 is 2.38 bits per heavy atom. The van der Waals surface area contributed by atoms with Gasteiger partial charge in [0.2, 0.25) is 0 Å². The van der Waals surface area contributed by atoms with E-state index in [1.165, 1.54) is 5.56 Å². The van der Waals surface area contributed by atoms with E-state index in [-0.39, 0.29) is 11.4 Å². The van der Waals surface area contributed by atoms with E-state index in [2.05, 4.69) is 43.0 Å². The van der Waals surface area contributed by atoms with Gasteiger partial charge in [0.05, 0.1) is 12.2 Å². The highest BCUT2D eigenvalue weighted by Crippen LogP contribution is 2.42. The molecule has 3 N–H and O–H groups in total. The van der Waals surface area contributed by atoms with E-state index < -0.39 is 0 Å². The number of ether oxygens (including phenoxy) is 1.